The van der Waals surface area contributed by atoms with Crippen LogP contribution in [0.5, 0.6) is 17.2 Å². The first-order valence-corrected chi connectivity index (χ1v) is 12.2. The Hall–Kier alpha value is -3.78. The van der Waals surface area contributed by atoms with E-state index in [0.717, 1.165) is 11.1 Å². The molecule has 34 heavy (non-hydrogen) atoms. The van der Waals surface area contributed by atoms with Gasteiger partial charge in [0.25, 0.3) is 0 Å². The highest BCUT2D eigenvalue weighted by molar-refractivity contribution is 7.91. The summed E-state index contributed by atoms with van der Waals surface area (Å²) in [5, 5.41) is 0.615. The Kier molecular flexibility index (Phi) is 5.53. The van der Waals surface area contributed by atoms with Crippen molar-refractivity contribution in [2.45, 2.75) is 23.6 Å². The zero-order valence-electron chi connectivity index (χ0n) is 19.0. The Labute approximate surface area is 197 Å². The molecule has 2 heterocycles. The zero-order chi connectivity index (χ0) is 23.9. The molecule has 1 aliphatic rings. The molecule has 0 aliphatic carbocycles. The summed E-state index contributed by atoms with van der Waals surface area (Å²) in [5.41, 5.74) is 2.79. The molecule has 0 unspecified atom stereocenters. The van der Waals surface area contributed by atoms with Crippen LogP contribution in [0.2, 0.25) is 0 Å². The highest BCUT2D eigenvalue weighted by Crippen LogP contribution is 2.34. The van der Waals surface area contributed by atoms with Crippen LogP contribution in [0, 0.1) is 13.8 Å². The molecule has 0 saturated heterocycles. The summed E-state index contributed by atoms with van der Waals surface area (Å²) in [4.78, 5) is 4.72. The molecule has 0 fully saturated rings. The van der Waals surface area contributed by atoms with Gasteiger partial charge in [0.05, 0.1) is 17.7 Å². The lowest BCUT2D eigenvalue weighted by molar-refractivity contribution is 0.171. The fourth-order valence-corrected chi connectivity index (χ4v) is 5.14. The molecular weight excluding hydrogens is 454 g/mol. The molecule has 0 saturated carbocycles. The van der Waals surface area contributed by atoms with Crippen LogP contribution in [0.3, 0.4) is 0 Å². The Morgan fingerprint density at radius 3 is 2.41 bits per heavy atom. The van der Waals surface area contributed by atoms with E-state index in [2.05, 4.69) is 4.99 Å². The average molecular weight is 478 g/mol. The molecule has 0 spiro atoms. The molecule has 5 rings (SSSR count). The molecule has 0 atom stereocenters. The second kappa shape index (κ2) is 8.53. The summed E-state index contributed by atoms with van der Waals surface area (Å²) >= 11 is 0. The quantitative estimate of drug-likeness (QED) is 0.416. The predicted molar refractivity (Wildman–Crippen MR) is 127 cm³/mol. The van der Waals surface area contributed by atoms with E-state index >= 15 is 0 Å². The minimum absolute atomic E-state index is 0.0247. The van der Waals surface area contributed by atoms with Gasteiger partial charge in [-0.1, -0.05) is 6.07 Å². The summed E-state index contributed by atoms with van der Waals surface area (Å²) in [7, 11) is -2.37. The molecule has 0 radical (unpaired) electrons. The summed E-state index contributed by atoms with van der Waals surface area (Å²) < 4.78 is 50.0. The van der Waals surface area contributed by atoms with Gasteiger partial charge in [-0.2, -0.15) is 0 Å². The fraction of sp³-hybridized carbons (Fsp3) is 0.192. The minimum Gasteiger partial charge on any atom is -0.497 e. The molecule has 3 aromatic carbocycles. The number of hydrogen-bond donors (Lipinski definition) is 0. The van der Waals surface area contributed by atoms with E-state index in [1.54, 1.807) is 67.8 Å². The second-order valence-corrected chi connectivity index (χ2v) is 9.93. The highest BCUT2D eigenvalue weighted by Gasteiger charge is 2.23. The van der Waals surface area contributed by atoms with Crippen LogP contribution >= 0.6 is 0 Å². The Bertz CT molecular complexity index is 1590. The van der Waals surface area contributed by atoms with Crippen molar-refractivity contribution in [3.63, 3.8) is 0 Å². The first-order chi connectivity index (χ1) is 16.3. The monoisotopic (exact) mass is 477 g/mol. The first-order valence-electron chi connectivity index (χ1n) is 10.7. The summed E-state index contributed by atoms with van der Waals surface area (Å²) in [6.45, 7) is 4.73. The largest absolute Gasteiger partial charge is 0.497 e. The summed E-state index contributed by atoms with van der Waals surface area (Å²) in [5.74, 6) is 1.76. The van der Waals surface area contributed by atoms with Crippen molar-refractivity contribution in [1.29, 1.82) is 0 Å². The van der Waals surface area contributed by atoms with Crippen molar-refractivity contribution in [3.8, 4) is 17.2 Å². The van der Waals surface area contributed by atoms with E-state index in [9.17, 15) is 8.42 Å². The number of fused-ring (bicyclic) bond motifs is 2. The van der Waals surface area contributed by atoms with Crippen LogP contribution in [-0.2, 0) is 9.84 Å². The van der Waals surface area contributed by atoms with Crippen LogP contribution in [0.4, 0.5) is 5.69 Å². The Morgan fingerprint density at radius 1 is 0.853 bits per heavy atom. The maximum absolute atomic E-state index is 13.7. The number of rotatable bonds is 4. The standard InChI is InChI=1S/C26H23NO6S/c1-16-4-8-21(12-17(16)2)34(28,29)25-13-18-5-7-20(30-3)15-23(18)33-26(25)27-19-6-9-22-24(14-19)32-11-10-31-22/h4-9,12-15H,10-11H2,1-3H3. The smallest absolute Gasteiger partial charge is 0.239 e. The maximum Gasteiger partial charge on any atom is 0.239 e. The highest BCUT2D eigenvalue weighted by atomic mass is 32.2. The molecular formula is C26H23NO6S. The van der Waals surface area contributed by atoms with Gasteiger partial charge < -0.3 is 18.6 Å². The number of aryl methyl sites for hydroxylation is 2. The Balaban J connectivity index is 1.75. The molecule has 1 aliphatic heterocycles. The van der Waals surface area contributed by atoms with Crippen molar-refractivity contribution in [2.75, 3.05) is 20.3 Å². The van der Waals surface area contributed by atoms with Gasteiger partial charge in [-0.05, 0) is 67.4 Å². The van der Waals surface area contributed by atoms with Gasteiger partial charge in [-0.25, -0.2) is 13.4 Å². The summed E-state index contributed by atoms with van der Waals surface area (Å²) in [6.07, 6.45) is 0. The number of sulfone groups is 1. The van der Waals surface area contributed by atoms with Crippen LogP contribution in [0.15, 0.2) is 79.9 Å². The normalized spacial score (nSPS) is 13.8. The van der Waals surface area contributed by atoms with E-state index in [0.29, 0.717) is 47.1 Å². The van der Waals surface area contributed by atoms with Gasteiger partial charge in [-0.3, -0.25) is 0 Å². The topological polar surface area (TPSA) is 87.3 Å². The van der Waals surface area contributed by atoms with Crippen LogP contribution in [0.1, 0.15) is 11.1 Å². The predicted octanol–water partition coefficient (Wildman–Crippen LogP) is 4.89. The molecule has 0 amide bonds. The molecule has 174 valence electrons. The van der Waals surface area contributed by atoms with Crippen LogP contribution in [-0.4, -0.2) is 28.7 Å². The molecule has 7 nitrogen and oxygen atoms in total. The van der Waals surface area contributed by atoms with E-state index in [1.807, 2.05) is 13.8 Å². The lowest BCUT2D eigenvalue weighted by Gasteiger charge is -2.18. The number of ether oxygens (including phenoxy) is 3. The number of benzene rings is 3. The van der Waals surface area contributed by atoms with Crippen molar-refractivity contribution < 1.29 is 27.0 Å². The van der Waals surface area contributed by atoms with Gasteiger partial charge in [0.1, 0.15) is 29.4 Å². The SMILES string of the molecule is COc1ccc2cc(S(=O)(=O)c3ccc(C)c(C)c3)c(=Nc3ccc4c(c3)OCCO4)oc2c1. The summed E-state index contributed by atoms with van der Waals surface area (Å²) in [6, 6.07) is 17.0. The maximum atomic E-state index is 13.7. The minimum atomic E-state index is -3.93. The zero-order valence-corrected chi connectivity index (χ0v) is 19.8. The fourth-order valence-electron chi connectivity index (χ4n) is 3.70. The van der Waals surface area contributed by atoms with E-state index in [1.165, 1.54) is 0 Å². The van der Waals surface area contributed by atoms with Crippen molar-refractivity contribution in [3.05, 3.63) is 77.3 Å². The molecule has 0 N–H and O–H groups in total. The third-order valence-corrected chi connectivity index (χ3v) is 7.51. The van der Waals surface area contributed by atoms with Gasteiger partial charge in [0.2, 0.25) is 15.4 Å². The van der Waals surface area contributed by atoms with Gasteiger partial charge >= 0.3 is 0 Å². The first kappa shape index (κ1) is 22.0. The van der Waals surface area contributed by atoms with Gasteiger partial charge in [-0.15, -0.1) is 0 Å². The lowest BCUT2D eigenvalue weighted by Crippen LogP contribution is -2.16. The molecule has 1 aromatic heterocycles. The van der Waals surface area contributed by atoms with E-state index in [4.69, 9.17) is 18.6 Å². The van der Waals surface area contributed by atoms with Gasteiger partial charge in [0, 0.05) is 17.5 Å². The number of nitrogens with zero attached hydrogens (tertiary/aromatic N) is 1. The third-order valence-electron chi connectivity index (χ3n) is 5.76. The molecule has 8 heteroatoms. The van der Waals surface area contributed by atoms with E-state index in [-0.39, 0.29) is 15.3 Å². The van der Waals surface area contributed by atoms with E-state index < -0.39 is 9.84 Å². The van der Waals surface area contributed by atoms with Crippen LogP contribution in [0.25, 0.3) is 11.0 Å². The molecule has 4 aromatic rings. The van der Waals surface area contributed by atoms with Crippen molar-refractivity contribution in [1.82, 2.24) is 0 Å². The Morgan fingerprint density at radius 2 is 1.65 bits per heavy atom. The number of hydrogen-bond acceptors (Lipinski definition) is 7. The molecule has 0 bridgehead atoms. The van der Waals surface area contributed by atoms with Crippen molar-refractivity contribution >= 4 is 26.5 Å². The average Bonchev–Trinajstić information content (AvgIpc) is 2.84. The second-order valence-electron chi connectivity index (χ2n) is 8.01. The number of methoxy groups -OCH3 is 1. The lowest BCUT2D eigenvalue weighted by atomic mass is 10.1. The van der Waals surface area contributed by atoms with Gasteiger partial charge in [0.15, 0.2) is 11.5 Å². The van der Waals surface area contributed by atoms with Crippen molar-refractivity contribution in [2.24, 2.45) is 4.99 Å². The van der Waals surface area contributed by atoms with Crippen LogP contribution < -0.4 is 19.8 Å². The third kappa shape index (κ3) is 4.01.